The summed E-state index contributed by atoms with van der Waals surface area (Å²) in [5.74, 6) is 0.598. The number of carbonyl (C=O) groups is 1. The second-order valence-electron chi connectivity index (χ2n) is 7.20. The second kappa shape index (κ2) is 8.54. The Morgan fingerprint density at radius 2 is 2.15 bits per heavy atom. The number of aliphatic hydroxyl groups excluding tert-OH is 1. The maximum absolute atomic E-state index is 13.0. The van der Waals surface area contributed by atoms with Crippen molar-refractivity contribution in [3.8, 4) is 5.75 Å². The van der Waals surface area contributed by atoms with Crippen LogP contribution in [0.3, 0.4) is 0 Å². The van der Waals surface area contributed by atoms with Crippen molar-refractivity contribution >= 4 is 5.91 Å². The smallest absolute Gasteiger partial charge is 0.248 e. The van der Waals surface area contributed by atoms with Crippen LogP contribution in [0.4, 0.5) is 0 Å². The van der Waals surface area contributed by atoms with Crippen molar-refractivity contribution in [2.75, 3.05) is 19.6 Å². The van der Waals surface area contributed by atoms with Gasteiger partial charge in [0.2, 0.25) is 5.91 Å². The standard InChI is InChI=1S/C20H28N4O3/c1-15(2)27-17-6-3-5-16(13-17)18(25)14-22-19(26)20(7-10-21-11-8-20)24-12-4-9-23-24/h3-6,9,12-13,15,18,21,25H,7-8,10-11,14H2,1-2H3,(H,22,26). The minimum atomic E-state index is -0.805. The third kappa shape index (κ3) is 4.48. The first-order chi connectivity index (χ1) is 13.0. The average Bonchev–Trinajstić information content (AvgIpc) is 3.21. The molecule has 7 nitrogen and oxygen atoms in total. The zero-order chi connectivity index (χ0) is 19.3. The van der Waals surface area contributed by atoms with Gasteiger partial charge in [-0.25, -0.2) is 0 Å². The fourth-order valence-electron chi connectivity index (χ4n) is 3.46. The SMILES string of the molecule is CC(C)Oc1cccc(C(O)CNC(=O)C2(n3cccn3)CCNCC2)c1. The number of aromatic nitrogens is 2. The Morgan fingerprint density at radius 1 is 1.37 bits per heavy atom. The van der Waals surface area contributed by atoms with Crippen LogP contribution in [-0.2, 0) is 10.3 Å². The lowest BCUT2D eigenvalue weighted by atomic mass is 9.87. The van der Waals surface area contributed by atoms with Gasteiger partial charge in [0, 0.05) is 18.9 Å². The fraction of sp³-hybridized carbons (Fsp3) is 0.500. The van der Waals surface area contributed by atoms with Gasteiger partial charge >= 0.3 is 0 Å². The molecule has 2 aromatic rings. The van der Waals surface area contributed by atoms with Crippen LogP contribution in [0.5, 0.6) is 5.75 Å². The summed E-state index contributed by atoms with van der Waals surface area (Å²) in [5.41, 5.74) is 0.00348. The van der Waals surface area contributed by atoms with Gasteiger partial charge in [-0.3, -0.25) is 9.48 Å². The molecule has 0 saturated carbocycles. The molecule has 1 unspecified atom stereocenters. The minimum absolute atomic E-state index is 0.0611. The second-order valence-corrected chi connectivity index (χ2v) is 7.20. The molecule has 1 atom stereocenters. The van der Waals surface area contributed by atoms with E-state index >= 15 is 0 Å². The molecule has 7 heteroatoms. The summed E-state index contributed by atoms with van der Waals surface area (Å²) in [6.45, 7) is 5.56. The largest absolute Gasteiger partial charge is 0.491 e. The molecule has 0 bridgehead atoms. The summed E-state index contributed by atoms with van der Waals surface area (Å²) in [5, 5.41) is 21.0. The van der Waals surface area contributed by atoms with E-state index in [1.54, 1.807) is 10.9 Å². The molecule has 0 spiro atoms. The first-order valence-corrected chi connectivity index (χ1v) is 9.45. The summed E-state index contributed by atoms with van der Waals surface area (Å²) in [6.07, 6.45) is 4.09. The topological polar surface area (TPSA) is 88.4 Å². The van der Waals surface area contributed by atoms with Crippen molar-refractivity contribution in [2.24, 2.45) is 0 Å². The van der Waals surface area contributed by atoms with Gasteiger partial charge in [-0.05, 0) is 63.5 Å². The van der Waals surface area contributed by atoms with Gasteiger partial charge in [0.05, 0.1) is 12.2 Å². The average molecular weight is 372 g/mol. The Bertz CT molecular complexity index is 739. The Kier molecular flexibility index (Phi) is 6.13. The van der Waals surface area contributed by atoms with E-state index in [1.807, 2.05) is 50.4 Å². The lowest BCUT2D eigenvalue weighted by molar-refractivity contribution is -0.132. The summed E-state index contributed by atoms with van der Waals surface area (Å²) >= 11 is 0. The Labute approximate surface area is 159 Å². The van der Waals surface area contributed by atoms with Crippen molar-refractivity contribution in [1.82, 2.24) is 20.4 Å². The van der Waals surface area contributed by atoms with E-state index in [2.05, 4.69) is 15.7 Å². The van der Waals surface area contributed by atoms with Crippen LogP contribution in [0, 0.1) is 0 Å². The zero-order valence-electron chi connectivity index (χ0n) is 15.9. The van der Waals surface area contributed by atoms with Gasteiger partial charge in [0.1, 0.15) is 11.3 Å². The minimum Gasteiger partial charge on any atom is -0.491 e. The van der Waals surface area contributed by atoms with Crippen molar-refractivity contribution in [3.63, 3.8) is 0 Å². The molecule has 1 amide bonds. The van der Waals surface area contributed by atoms with Crippen LogP contribution in [0.2, 0.25) is 0 Å². The number of hydrogen-bond donors (Lipinski definition) is 3. The number of nitrogens with one attached hydrogen (secondary N) is 2. The van der Waals surface area contributed by atoms with Crippen LogP contribution >= 0.6 is 0 Å². The summed E-state index contributed by atoms with van der Waals surface area (Å²) in [6, 6.07) is 9.17. The molecule has 3 rings (SSSR count). The summed E-state index contributed by atoms with van der Waals surface area (Å²) in [4.78, 5) is 13.0. The van der Waals surface area contributed by atoms with Crippen molar-refractivity contribution in [2.45, 2.75) is 44.4 Å². The molecular weight excluding hydrogens is 344 g/mol. The highest BCUT2D eigenvalue weighted by Gasteiger charge is 2.41. The third-order valence-corrected chi connectivity index (χ3v) is 4.87. The van der Waals surface area contributed by atoms with E-state index in [9.17, 15) is 9.90 Å². The monoisotopic (exact) mass is 372 g/mol. The quantitative estimate of drug-likeness (QED) is 0.687. The molecule has 1 aromatic carbocycles. The first-order valence-electron chi connectivity index (χ1n) is 9.45. The fourth-order valence-corrected chi connectivity index (χ4v) is 3.46. The third-order valence-electron chi connectivity index (χ3n) is 4.87. The van der Waals surface area contributed by atoms with Gasteiger partial charge in [0.25, 0.3) is 0 Å². The highest BCUT2D eigenvalue weighted by Crippen LogP contribution is 2.27. The maximum atomic E-state index is 13.0. The molecule has 2 heterocycles. The molecule has 1 aromatic heterocycles. The highest BCUT2D eigenvalue weighted by molar-refractivity contribution is 5.84. The Hall–Kier alpha value is -2.38. The van der Waals surface area contributed by atoms with E-state index in [4.69, 9.17) is 4.74 Å². The van der Waals surface area contributed by atoms with Crippen LogP contribution in [0.1, 0.15) is 38.4 Å². The van der Waals surface area contributed by atoms with Gasteiger partial charge in [-0.2, -0.15) is 5.10 Å². The number of piperidine rings is 1. The molecule has 1 saturated heterocycles. The zero-order valence-corrected chi connectivity index (χ0v) is 15.9. The van der Waals surface area contributed by atoms with Gasteiger partial charge < -0.3 is 20.5 Å². The molecule has 1 aliphatic heterocycles. The van der Waals surface area contributed by atoms with Gasteiger partial charge in [0.15, 0.2) is 0 Å². The van der Waals surface area contributed by atoms with Crippen LogP contribution < -0.4 is 15.4 Å². The molecule has 146 valence electrons. The molecule has 0 radical (unpaired) electrons. The van der Waals surface area contributed by atoms with Crippen molar-refractivity contribution in [1.29, 1.82) is 0 Å². The Morgan fingerprint density at radius 3 is 2.81 bits per heavy atom. The van der Waals surface area contributed by atoms with E-state index in [0.717, 1.165) is 13.1 Å². The number of amides is 1. The molecule has 3 N–H and O–H groups in total. The number of hydrogen-bond acceptors (Lipinski definition) is 5. The molecule has 1 fully saturated rings. The first kappa shape index (κ1) is 19.4. The van der Waals surface area contributed by atoms with E-state index in [-0.39, 0.29) is 18.6 Å². The Balaban J connectivity index is 1.67. The normalized spacial score (nSPS) is 17.5. The van der Waals surface area contributed by atoms with Crippen LogP contribution in [0.25, 0.3) is 0 Å². The number of carbonyl (C=O) groups excluding carboxylic acids is 1. The van der Waals surface area contributed by atoms with E-state index in [1.165, 1.54) is 0 Å². The van der Waals surface area contributed by atoms with Crippen LogP contribution in [0.15, 0.2) is 42.7 Å². The number of ether oxygens (including phenoxy) is 1. The lowest BCUT2D eigenvalue weighted by Gasteiger charge is -2.36. The highest BCUT2D eigenvalue weighted by atomic mass is 16.5. The molecule has 27 heavy (non-hydrogen) atoms. The van der Waals surface area contributed by atoms with E-state index in [0.29, 0.717) is 24.2 Å². The summed E-state index contributed by atoms with van der Waals surface area (Å²) in [7, 11) is 0. The molecule has 1 aliphatic rings. The van der Waals surface area contributed by atoms with Crippen LogP contribution in [-0.4, -0.2) is 46.5 Å². The van der Waals surface area contributed by atoms with Crippen molar-refractivity contribution in [3.05, 3.63) is 48.3 Å². The van der Waals surface area contributed by atoms with Crippen molar-refractivity contribution < 1.29 is 14.6 Å². The number of rotatable bonds is 7. The van der Waals surface area contributed by atoms with Gasteiger partial charge in [-0.15, -0.1) is 0 Å². The van der Waals surface area contributed by atoms with Gasteiger partial charge in [-0.1, -0.05) is 12.1 Å². The lowest BCUT2D eigenvalue weighted by Crippen LogP contribution is -2.55. The number of aliphatic hydroxyl groups is 1. The number of nitrogens with zero attached hydrogens (tertiary/aromatic N) is 2. The molecular formula is C20H28N4O3. The predicted molar refractivity (Wildman–Crippen MR) is 102 cm³/mol. The molecule has 0 aliphatic carbocycles. The van der Waals surface area contributed by atoms with E-state index < -0.39 is 11.6 Å². The number of benzene rings is 1. The predicted octanol–water partition coefficient (Wildman–Crippen LogP) is 1.60. The maximum Gasteiger partial charge on any atom is 0.248 e. The summed E-state index contributed by atoms with van der Waals surface area (Å²) < 4.78 is 7.42.